The SMILES string of the molecule is CN(C)Cc1c(C(=O)N2CCC(NCC3CC3)CC2)oc2ccccc12.Cl.Cl. The van der Waals surface area contributed by atoms with Crippen molar-refractivity contribution >= 4 is 41.7 Å². The van der Waals surface area contributed by atoms with E-state index in [4.69, 9.17) is 4.42 Å². The highest BCUT2D eigenvalue weighted by Crippen LogP contribution is 2.30. The third-order valence-electron chi connectivity index (χ3n) is 5.54. The molecular weight excluding hydrogens is 397 g/mol. The molecule has 1 saturated heterocycles. The number of nitrogens with zero attached hydrogens (tertiary/aromatic N) is 2. The van der Waals surface area contributed by atoms with Gasteiger partial charge < -0.3 is 19.5 Å². The van der Waals surface area contributed by atoms with Crippen LogP contribution >= 0.6 is 24.8 Å². The number of furan rings is 1. The summed E-state index contributed by atoms with van der Waals surface area (Å²) in [6, 6.07) is 8.50. The molecule has 2 aliphatic rings. The molecule has 1 aromatic heterocycles. The van der Waals surface area contributed by atoms with Crippen LogP contribution in [0.3, 0.4) is 0 Å². The molecule has 1 aliphatic carbocycles. The summed E-state index contributed by atoms with van der Waals surface area (Å²) < 4.78 is 6.00. The fourth-order valence-corrected chi connectivity index (χ4v) is 3.83. The Hall–Kier alpha value is -1.27. The zero-order chi connectivity index (χ0) is 18.1. The number of piperidine rings is 1. The van der Waals surface area contributed by atoms with Gasteiger partial charge in [-0.3, -0.25) is 4.79 Å². The van der Waals surface area contributed by atoms with Crippen LogP contribution in [0.5, 0.6) is 0 Å². The van der Waals surface area contributed by atoms with Crippen LogP contribution in [0.25, 0.3) is 11.0 Å². The number of benzene rings is 1. The van der Waals surface area contributed by atoms with Crippen molar-refractivity contribution in [2.24, 2.45) is 5.92 Å². The standard InChI is InChI=1S/C21H29N3O2.2ClH/c1-23(2)14-18-17-5-3-4-6-19(17)26-20(18)21(25)24-11-9-16(10-12-24)22-13-15-7-8-15;;/h3-6,15-16,22H,7-14H2,1-2H3;2*1H. The molecule has 1 amide bonds. The van der Waals surface area contributed by atoms with Gasteiger partial charge in [0, 0.05) is 36.6 Å². The fourth-order valence-electron chi connectivity index (χ4n) is 3.83. The first-order chi connectivity index (χ1) is 12.6. The van der Waals surface area contributed by atoms with Crippen molar-refractivity contribution in [2.75, 3.05) is 33.7 Å². The van der Waals surface area contributed by atoms with Crippen LogP contribution in [0.15, 0.2) is 28.7 Å². The van der Waals surface area contributed by atoms with Crippen LogP contribution in [-0.4, -0.2) is 55.5 Å². The molecule has 7 heteroatoms. The maximum absolute atomic E-state index is 13.1. The minimum Gasteiger partial charge on any atom is -0.451 e. The first kappa shape index (κ1) is 23.0. The molecule has 1 aromatic carbocycles. The summed E-state index contributed by atoms with van der Waals surface area (Å²) in [4.78, 5) is 17.2. The summed E-state index contributed by atoms with van der Waals surface area (Å²) in [6.07, 6.45) is 4.82. The lowest BCUT2D eigenvalue weighted by atomic mass is 10.0. The molecule has 1 aliphatic heterocycles. The number of nitrogens with one attached hydrogen (secondary N) is 1. The van der Waals surface area contributed by atoms with Crippen molar-refractivity contribution in [3.63, 3.8) is 0 Å². The summed E-state index contributed by atoms with van der Waals surface area (Å²) in [7, 11) is 4.04. The zero-order valence-corrected chi connectivity index (χ0v) is 18.3. The minimum absolute atomic E-state index is 0. The average Bonchev–Trinajstić information content (AvgIpc) is 3.41. The predicted octanol–water partition coefficient (Wildman–Crippen LogP) is 3.94. The quantitative estimate of drug-likeness (QED) is 0.757. The Morgan fingerprint density at radius 2 is 1.82 bits per heavy atom. The van der Waals surface area contributed by atoms with Gasteiger partial charge in [0.1, 0.15) is 5.58 Å². The van der Waals surface area contributed by atoms with Crippen LogP contribution in [-0.2, 0) is 6.54 Å². The third kappa shape index (κ3) is 5.20. The maximum atomic E-state index is 13.1. The van der Waals surface area contributed by atoms with Gasteiger partial charge in [-0.05, 0) is 58.3 Å². The Bertz CT molecular complexity index is 781. The number of halogens is 2. The summed E-state index contributed by atoms with van der Waals surface area (Å²) in [5.41, 5.74) is 1.80. The van der Waals surface area contributed by atoms with Crippen molar-refractivity contribution in [3.05, 3.63) is 35.6 Å². The summed E-state index contributed by atoms with van der Waals surface area (Å²) >= 11 is 0. The van der Waals surface area contributed by atoms with Crippen molar-refractivity contribution < 1.29 is 9.21 Å². The van der Waals surface area contributed by atoms with Crippen LogP contribution < -0.4 is 5.32 Å². The predicted molar refractivity (Wildman–Crippen MR) is 118 cm³/mol. The number of hydrogen-bond donors (Lipinski definition) is 1. The number of rotatable bonds is 6. The summed E-state index contributed by atoms with van der Waals surface area (Å²) in [5, 5.41) is 4.72. The molecule has 5 nitrogen and oxygen atoms in total. The van der Waals surface area contributed by atoms with Crippen molar-refractivity contribution in [1.29, 1.82) is 0 Å². The van der Waals surface area contributed by atoms with Crippen molar-refractivity contribution in [3.8, 4) is 0 Å². The van der Waals surface area contributed by atoms with E-state index in [1.54, 1.807) is 0 Å². The number of amides is 1. The van der Waals surface area contributed by atoms with E-state index < -0.39 is 0 Å². The van der Waals surface area contributed by atoms with Gasteiger partial charge in [0.25, 0.3) is 5.91 Å². The molecule has 0 atom stereocenters. The smallest absolute Gasteiger partial charge is 0.289 e. The lowest BCUT2D eigenvalue weighted by Gasteiger charge is -2.32. The van der Waals surface area contributed by atoms with Gasteiger partial charge in [-0.25, -0.2) is 0 Å². The summed E-state index contributed by atoms with van der Waals surface area (Å²) in [6.45, 7) is 3.46. The normalized spacial score (nSPS) is 17.5. The van der Waals surface area contributed by atoms with Gasteiger partial charge in [0.05, 0.1) is 0 Å². The lowest BCUT2D eigenvalue weighted by Crippen LogP contribution is -2.45. The number of likely N-dealkylation sites (tertiary alicyclic amines) is 1. The number of fused-ring (bicyclic) bond motifs is 1. The lowest BCUT2D eigenvalue weighted by molar-refractivity contribution is 0.0672. The Balaban J connectivity index is 0.00000140. The largest absolute Gasteiger partial charge is 0.451 e. The van der Waals surface area contributed by atoms with E-state index in [1.807, 2.05) is 43.3 Å². The van der Waals surface area contributed by atoms with E-state index in [-0.39, 0.29) is 30.7 Å². The molecule has 2 fully saturated rings. The molecule has 28 heavy (non-hydrogen) atoms. The minimum atomic E-state index is 0. The molecule has 1 saturated carbocycles. The first-order valence-electron chi connectivity index (χ1n) is 9.79. The Kier molecular flexibility index (Phi) is 8.19. The monoisotopic (exact) mass is 427 g/mol. The van der Waals surface area contributed by atoms with Gasteiger partial charge in [-0.1, -0.05) is 18.2 Å². The molecule has 0 bridgehead atoms. The van der Waals surface area contributed by atoms with Gasteiger partial charge >= 0.3 is 0 Å². The molecule has 4 rings (SSSR count). The zero-order valence-electron chi connectivity index (χ0n) is 16.6. The van der Waals surface area contributed by atoms with Crippen LogP contribution in [0, 0.1) is 5.92 Å². The Labute approximate surface area is 179 Å². The Morgan fingerprint density at radius 1 is 1.14 bits per heavy atom. The highest BCUT2D eigenvalue weighted by Gasteiger charge is 2.29. The number of hydrogen-bond acceptors (Lipinski definition) is 4. The van der Waals surface area contributed by atoms with Gasteiger partial charge in [-0.2, -0.15) is 0 Å². The van der Waals surface area contributed by atoms with Crippen LogP contribution in [0.4, 0.5) is 0 Å². The van der Waals surface area contributed by atoms with Gasteiger partial charge in [-0.15, -0.1) is 24.8 Å². The number of para-hydroxylation sites is 1. The Morgan fingerprint density at radius 3 is 2.46 bits per heavy atom. The topological polar surface area (TPSA) is 48.7 Å². The average molecular weight is 428 g/mol. The van der Waals surface area contributed by atoms with Crippen LogP contribution in [0.1, 0.15) is 41.8 Å². The molecule has 0 radical (unpaired) electrons. The number of carbonyl (C=O) groups excluding carboxylic acids is 1. The fraction of sp³-hybridized carbons (Fsp3) is 0.571. The van der Waals surface area contributed by atoms with E-state index in [2.05, 4.69) is 10.2 Å². The highest BCUT2D eigenvalue weighted by molar-refractivity contribution is 5.99. The molecule has 0 unspecified atom stereocenters. The molecule has 2 aromatic rings. The molecule has 0 spiro atoms. The second-order valence-electron chi connectivity index (χ2n) is 8.06. The van der Waals surface area contributed by atoms with E-state index in [9.17, 15) is 4.79 Å². The van der Waals surface area contributed by atoms with Gasteiger partial charge in [0.2, 0.25) is 0 Å². The first-order valence-corrected chi connectivity index (χ1v) is 9.79. The van der Waals surface area contributed by atoms with E-state index in [1.165, 1.54) is 12.8 Å². The molecular formula is C21H31Cl2N3O2. The van der Waals surface area contributed by atoms with Gasteiger partial charge in [0.15, 0.2) is 5.76 Å². The van der Waals surface area contributed by atoms with Crippen LogP contribution in [0.2, 0.25) is 0 Å². The summed E-state index contributed by atoms with van der Waals surface area (Å²) in [5.74, 6) is 1.46. The van der Waals surface area contributed by atoms with E-state index >= 15 is 0 Å². The molecule has 1 N–H and O–H groups in total. The van der Waals surface area contributed by atoms with Crippen molar-refractivity contribution in [1.82, 2.24) is 15.1 Å². The van der Waals surface area contributed by atoms with E-state index in [0.29, 0.717) is 18.3 Å². The maximum Gasteiger partial charge on any atom is 0.289 e. The van der Waals surface area contributed by atoms with E-state index in [0.717, 1.165) is 54.9 Å². The second kappa shape index (κ2) is 9.97. The highest BCUT2D eigenvalue weighted by atomic mass is 35.5. The van der Waals surface area contributed by atoms with Crippen molar-refractivity contribution in [2.45, 2.75) is 38.3 Å². The second-order valence-corrected chi connectivity index (χ2v) is 8.06. The third-order valence-corrected chi connectivity index (χ3v) is 5.54. The molecule has 2 heterocycles. The number of carbonyl (C=O) groups is 1. The molecule has 156 valence electrons.